The van der Waals surface area contributed by atoms with Crippen molar-refractivity contribution in [3.63, 3.8) is 0 Å². The average Bonchev–Trinajstić information content (AvgIpc) is 3.41. The molecule has 3 heterocycles. The number of primary amides is 1. The van der Waals surface area contributed by atoms with Gasteiger partial charge in [-0.05, 0) is 30.9 Å². The fourth-order valence-corrected chi connectivity index (χ4v) is 3.89. The molecule has 9 nitrogen and oxygen atoms in total. The van der Waals surface area contributed by atoms with Crippen molar-refractivity contribution in [2.45, 2.75) is 24.9 Å². The lowest BCUT2D eigenvalue weighted by Crippen LogP contribution is -2.50. The summed E-state index contributed by atoms with van der Waals surface area (Å²) in [6.45, 7) is 4.20. The van der Waals surface area contributed by atoms with Crippen molar-refractivity contribution in [1.29, 1.82) is 0 Å². The summed E-state index contributed by atoms with van der Waals surface area (Å²) in [5.41, 5.74) is 13.1. The highest BCUT2D eigenvalue weighted by Gasteiger charge is 2.34. The van der Waals surface area contributed by atoms with Crippen LogP contribution in [0.15, 0.2) is 31.1 Å². The monoisotopic (exact) mass is 433 g/mol. The first-order chi connectivity index (χ1) is 15.4. The normalized spacial score (nSPS) is 15.8. The van der Waals surface area contributed by atoms with E-state index in [1.54, 1.807) is 17.3 Å². The first-order valence-corrected chi connectivity index (χ1v) is 10.1. The Morgan fingerprint density at radius 2 is 1.97 bits per heavy atom. The van der Waals surface area contributed by atoms with Gasteiger partial charge in [0.2, 0.25) is 5.91 Å². The molecule has 0 radical (unpaired) electrons. The molecular weight excluding hydrogens is 413 g/mol. The van der Waals surface area contributed by atoms with E-state index in [0.29, 0.717) is 24.6 Å². The van der Waals surface area contributed by atoms with Crippen molar-refractivity contribution >= 4 is 28.7 Å². The molecule has 2 aliphatic rings. The van der Waals surface area contributed by atoms with Gasteiger partial charge in [-0.1, -0.05) is 12.5 Å². The number of imidazole rings is 1. The third kappa shape index (κ3) is 3.19. The van der Waals surface area contributed by atoms with E-state index >= 15 is 0 Å². The first-order valence-electron chi connectivity index (χ1n) is 10.1. The quantitative estimate of drug-likeness (QED) is 0.475. The number of benzene rings is 1. The van der Waals surface area contributed by atoms with Crippen LogP contribution in [0.3, 0.4) is 0 Å². The molecular formula is C22H20FN7O2. The van der Waals surface area contributed by atoms with Gasteiger partial charge in [-0.3, -0.25) is 9.59 Å². The summed E-state index contributed by atoms with van der Waals surface area (Å²) >= 11 is 0. The molecule has 1 aliphatic heterocycles. The molecule has 0 bridgehead atoms. The number of nitrogens with zero attached hydrogens (tertiary/aromatic N) is 5. The van der Waals surface area contributed by atoms with Crippen LogP contribution in [0, 0.1) is 17.7 Å². The van der Waals surface area contributed by atoms with Gasteiger partial charge in [0.1, 0.15) is 17.2 Å². The maximum Gasteiger partial charge on any atom is 0.255 e. The Labute approximate surface area is 182 Å². The Morgan fingerprint density at radius 3 is 2.62 bits per heavy atom. The van der Waals surface area contributed by atoms with Gasteiger partial charge in [-0.25, -0.2) is 14.1 Å². The van der Waals surface area contributed by atoms with E-state index < -0.39 is 11.7 Å². The molecule has 1 aliphatic carbocycles. The zero-order valence-corrected chi connectivity index (χ0v) is 17.1. The fourth-order valence-electron chi connectivity index (χ4n) is 3.89. The van der Waals surface area contributed by atoms with Gasteiger partial charge in [0.15, 0.2) is 5.69 Å². The van der Waals surface area contributed by atoms with Gasteiger partial charge in [-0.15, -0.1) is 0 Å². The molecule has 0 unspecified atom stereocenters. The molecule has 2 amide bonds. The van der Waals surface area contributed by atoms with Crippen LogP contribution in [-0.2, 0) is 4.79 Å². The number of nitrogen functional groups attached to an aromatic ring is 1. The predicted octanol–water partition coefficient (Wildman–Crippen LogP) is 1.36. The van der Waals surface area contributed by atoms with Crippen molar-refractivity contribution < 1.29 is 14.0 Å². The van der Waals surface area contributed by atoms with E-state index in [4.69, 9.17) is 11.5 Å². The van der Waals surface area contributed by atoms with Crippen molar-refractivity contribution in [1.82, 2.24) is 24.2 Å². The number of likely N-dealkylation sites (tertiary alicyclic amines) is 1. The van der Waals surface area contributed by atoms with Gasteiger partial charge >= 0.3 is 0 Å². The number of aromatic nitrogens is 4. The lowest BCUT2D eigenvalue weighted by molar-refractivity contribution is -0.131. The second-order valence-electron chi connectivity index (χ2n) is 7.97. The van der Waals surface area contributed by atoms with Crippen molar-refractivity contribution in [2.75, 3.05) is 18.8 Å². The van der Waals surface area contributed by atoms with E-state index in [1.807, 2.05) is 4.57 Å². The molecule has 1 saturated carbocycles. The Morgan fingerprint density at radius 1 is 1.22 bits per heavy atom. The predicted molar refractivity (Wildman–Crippen MR) is 115 cm³/mol. The number of amides is 2. The molecule has 4 N–H and O–H groups in total. The Bertz CT molecular complexity index is 1350. The van der Waals surface area contributed by atoms with Gasteiger partial charge in [0.05, 0.1) is 29.0 Å². The van der Waals surface area contributed by atoms with E-state index in [-0.39, 0.29) is 34.6 Å². The van der Waals surface area contributed by atoms with Crippen LogP contribution in [0.2, 0.25) is 0 Å². The summed E-state index contributed by atoms with van der Waals surface area (Å²) in [5.74, 6) is 4.06. The lowest BCUT2D eigenvalue weighted by Gasteiger charge is -2.38. The smallest absolute Gasteiger partial charge is 0.255 e. The average molecular weight is 433 g/mol. The zero-order valence-electron chi connectivity index (χ0n) is 17.1. The molecule has 5 rings (SSSR count). The molecule has 1 aromatic carbocycles. The van der Waals surface area contributed by atoms with Gasteiger partial charge in [0, 0.05) is 25.2 Å². The van der Waals surface area contributed by atoms with E-state index in [2.05, 4.69) is 28.5 Å². The molecule has 162 valence electrons. The van der Waals surface area contributed by atoms with Crippen LogP contribution >= 0.6 is 0 Å². The minimum absolute atomic E-state index is 0.0227. The third-order valence-corrected chi connectivity index (χ3v) is 5.81. The van der Waals surface area contributed by atoms with Crippen LogP contribution in [0.1, 0.15) is 46.5 Å². The molecule has 10 heteroatoms. The number of halogens is 1. The number of fused-ring (bicyclic) bond motifs is 1. The minimum atomic E-state index is -0.782. The van der Waals surface area contributed by atoms with Crippen LogP contribution < -0.4 is 11.5 Å². The number of anilines is 1. The van der Waals surface area contributed by atoms with Crippen molar-refractivity contribution in [3.05, 3.63) is 53.8 Å². The van der Waals surface area contributed by atoms with Crippen LogP contribution in [0.5, 0.6) is 0 Å². The molecule has 0 spiro atoms. The second kappa shape index (κ2) is 7.23. The fraction of sp³-hybridized carbons (Fsp3) is 0.273. The largest absolute Gasteiger partial charge is 0.383 e. The van der Waals surface area contributed by atoms with Crippen LogP contribution in [0.25, 0.3) is 11.0 Å². The maximum absolute atomic E-state index is 14.7. The topological polar surface area (TPSA) is 125 Å². The Balaban J connectivity index is 1.47. The highest BCUT2D eigenvalue weighted by Crippen LogP contribution is 2.37. The van der Waals surface area contributed by atoms with E-state index in [9.17, 15) is 14.0 Å². The number of nitrogens with two attached hydrogens (primary N) is 2. The van der Waals surface area contributed by atoms with E-state index in [0.717, 1.165) is 18.4 Å². The maximum atomic E-state index is 14.7. The highest BCUT2D eigenvalue weighted by atomic mass is 19.1. The zero-order chi connectivity index (χ0) is 22.6. The molecule has 0 atom stereocenters. The summed E-state index contributed by atoms with van der Waals surface area (Å²) in [6, 6.07) is 3.16. The highest BCUT2D eigenvalue weighted by molar-refractivity contribution is 5.99. The number of carbonyl (C=O) groups is 2. The number of hydrogen-bond donors (Lipinski definition) is 2. The van der Waals surface area contributed by atoms with Crippen molar-refractivity contribution in [3.8, 4) is 11.8 Å². The summed E-state index contributed by atoms with van der Waals surface area (Å²) in [6.07, 6.45) is 5.07. The first kappa shape index (κ1) is 19.8. The number of hydrogen-bond acceptors (Lipinski definition) is 5. The minimum Gasteiger partial charge on any atom is -0.383 e. The molecule has 2 aromatic heterocycles. The Kier molecular flexibility index (Phi) is 4.48. The van der Waals surface area contributed by atoms with Crippen LogP contribution in [-0.4, -0.2) is 49.1 Å². The van der Waals surface area contributed by atoms with Gasteiger partial charge < -0.3 is 20.9 Å². The van der Waals surface area contributed by atoms with Gasteiger partial charge in [0.25, 0.3) is 5.91 Å². The van der Waals surface area contributed by atoms with E-state index in [1.165, 1.54) is 16.8 Å². The summed E-state index contributed by atoms with van der Waals surface area (Å²) in [7, 11) is 0. The summed E-state index contributed by atoms with van der Waals surface area (Å²) in [4.78, 5) is 29.6. The molecule has 1 saturated heterocycles. The number of carbonyl (C=O) groups excluding carboxylic acids is 2. The Hall–Kier alpha value is -4.13. The third-order valence-electron chi connectivity index (χ3n) is 5.81. The molecule has 3 aromatic rings. The summed E-state index contributed by atoms with van der Waals surface area (Å²) in [5, 5.41) is 4.33. The second-order valence-corrected chi connectivity index (χ2v) is 7.97. The lowest BCUT2D eigenvalue weighted by atomic mass is 10.1. The summed E-state index contributed by atoms with van der Waals surface area (Å²) < 4.78 is 18.1. The van der Waals surface area contributed by atoms with Crippen molar-refractivity contribution in [2.24, 2.45) is 5.73 Å². The van der Waals surface area contributed by atoms with Gasteiger partial charge in [-0.2, -0.15) is 5.10 Å². The molecule has 2 fully saturated rings. The molecule has 32 heavy (non-hydrogen) atoms. The standard InChI is InChI=1S/C22H20FN7O2/c1-2-19(31)28-9-14(10-28)30-21(24)20(22(25)32)16(27-30)6-3-12-7-17-18(8-15(12)23)29(11-26-17)13-4-5-13/h2,7-8,11,13-14H,1,4-5,9-10,24H2,(H2,25,32). The SMILES string of the molecule is C=CC(=O)N1CC(n2nc(C#Cc3cc4ncn(C5CC5)c4cc3F)c(C(N)=O)c2N)C1. The van der Waals surface area contributed by atoms with Crippen LogP contribution in [0.4, 0.5) is 10.2 Å². The number of rotatable bonds is 4.